The van der Waals surface area contributed by atoms with E-state index in [0.29, 0.717) is 13.0 Å². The van der Waals surface area contributed by atoms with Crippen LogP contribution in [0.3, 0.4) is 0 Å². The molecule has 4 rings (SSSR count). The minimum absolute atomic E-state index is 0.160. The van der Waals surface area contributed by atoms with Gasteiger partial charge in [-0.1, -0.05) is 18.2 Å². The quantitative estimate of drug-likeness (QED) is 0.871. The van der Waals surface area contributed by atoms with Crippen LogP contribution in [0.5, 0.6) is 5.75 Å². The summed E-state index contributed by atoms with van der Waals surface area (Å²) in [7, 11) is 0. The highest BCUT2D eigenvalue weighted by Gasteiger charge is 2.29. The van der Waals surface area contributed by atoms with Gasteiger partial charge in [0, 0.05) is 32.1 Å². The van der Waals surface area contributed by atoms with Gasteiger partial charge in [-0.25, -0.2) is 0 Å². The largest absolute Gasteiger partial charge is 0.493 e. The normalized spacial score (nSPS) is 19.6. The number of aryl methyl sites for hydroxylation is 1. The van der Waals surface area contributed by atoms with Crippen LogP contribution in [0.1, 0.15) is 42.4 Å². The number of piperidine rings is 1. The van der Waals surface area contributed by atoms with Crippen LogP contribution in [0.2, 0.25) is 0 Å². The summed E-state index contributed by atoms with van der Waals surface area (Å²) in [6, 6.07) is 7.90. The van der Waals surface area contributed by atoms with Crippen molar-refractivity contribution in [2.24, 2.45) is 0 Å². The van der Waals surface area contributed by atoms with Crippen molar-refractivity contribution >= 4 is 5.91 Å². The van der Waals surface area contributed by atoms with Crippen molar-refractivity contribution in [3.63, 3.8) is 0 Å². The number of amides is 1. The molecule has 1 atom stereocenters. The van der Waals surface area contributed by atoms with Gasteiger partial charge in [0.15, 0.2) is 0 Å². The third kappa shape index (κ3) is 3.98. The maximum absolute atomic E-state index is 12.7. The molecule has 0 saturated carbocycles. The number of carbonyl (C=O) groups is 1. The summed E-state index contributed by atoms with van der Waals surface area (Å²) in [6.45, 7) is 6.61. The maximum Gasteiger partial charge on any atom is 0.226 e. The van der Waals surface area contributed by atoms with Crippen molar-refractivity contribution in [3.8, 4) is 5.75 Å². The predicted octanol–water partition coefficient (Wildman–Crippen LogP) is 1.86. The van der Waals surface area contributed by atoms with Crippen LogP contribution in [-0.4, -0.2) is 51.8 Å². The van der Waals surface area contributed by atoms with Crippen LogP contribution in [-0.2, 0) is 17.9 Å². The maximum atomic E-state index is 12.7. The van der Waals surface area contributed by atoms with Crippen molar-refractivity contribution in [1.82, 2.24) is 25.0 Å². The van der Waals surface area contributed by atoms with E-state index in [2.05, 4.69) is 20.1 Å². The molecule has 0 bridgehead atoms. The molecular formula is C20H27N5O2. The van der Waals surface area contributed by atoms with E-state index in [-0.39, 0.29) is 11.8 Å². The molecule has 2 aromatic rings. The third-order valence-electron chi connectivity index (χ3n) is 5.46. The Hall–Kier alpha value is -2.41. The van der Waals surface area contributed by atoms with E-state index in [4.69, 9.17) is 4.74 Å². The van der Waals surface area contributed by atoms with Crippen molar-refractivity contribution in [2.75, 3.05) is 26.2 Å². The average Bonchev–Trinajstić information content (AvgIpc) is 3.14. The first-order valence-corrected chi connectivity index (χ1v) is 9.81. The fraction of sp³-hybridized carbons (Fsp3) is 0.550. The number of hydrogen-bond acceptors (Lipinski definition) is 5. The van der Waals surface area contributed by atoms with E-state index >= 15 is 0 Å². The van der Waals surface area contributed by atoms with Crippen molar-refractivity contribution in [1.29, 1.82) is 0 Å². The Morgan fingerprint density at radius 3 is 3.07 bits per heavy atom. The molecule has 144 valence electrons. The molecule has 1 saturated heterocycles. The number of carbonyl (C=O) groups excluding carboxylic acids is 1. The summed E-state index contributed by atoms with van der Waals surface area (Å²) < 4.78 is 8.02. The minimum atomic E-state index is 0.160. The van der Waals surface area contributed by atoms with E-state index < -0.39 is 0 Å². The van der Waals surface area contributed by atoms with Gasteiger partial charge in [-0.3, -0.25) is 4.79 Å². The first-order chi connectivity index (χ1) is 13.2. The fourth-order valence-corrected chi connectivity index (χ4v) is 3.96. The molecule has 27 heavy (non-hydrogen) atoms. The Balaban J connectivity index is 1.33. The number of aromatic nitrogens is 3. The van der Waals surface area contributed by atoms with E-state index in [1.165, 1.54) is 0 Å². The van der Waals surface area contributed by atoms with E-state index in [9.17, 15) is 4.79 Å². The standard InChI is InChI=1S/C20H27N5O2/c1-15-5-2-3-7-17(15)27-12-8-19(26)24-10-4-6-16(14-24)20-23-22-18-13-21-9-11-25(18)20/h2-3,5,7,16,21H,4,6,8-14H2,1H3/t16-/m0/s1. The van der Waals surface area contributed by atoms with E-state index in [0.717, 1.165) is 68.5 Å². The smallest absolute Gasteiger partial charge is 0.226 e. The van der Waals surface area contributed by atoms with Gasteiger partial charge in [-0.2, -0.15) is 0 Å². The van der Waals surface area contributed by atoms with Crippen LogP contribution in [0, 0.1) is 6.92 Å². The van der Waals surface area contributed by atoms with Gasteiger partial charge in [0.25, 0.3) is 0 Å². The lowest BCUT2D eigenvalue weighted by molar-refractivity contribution is -0.133. The topological polar surface area (TPSA) is 72.3 Å². The third-order valence-corrected chi connectivity index (χ3v) is 5.46. The van der Waals surface area contributed by atoms with Gasteiger partial charge < -0.3 is 19.5 Å². The second-order valence-electron chi connectivity index (χ2n) is 7.35. The first-order valence-electron chi connectivity index (χ1n) is 9.81. The molecule has 1 fully saturated rings. The molecule has 0 radical (unpaired) electrons. The lowest BCUT2D eigenvalue weighted by atomic mass is 9.96. The molecule has 3 heterocycles. The zero-order chi connectivity index (χ0) is 18.6. The van der Waals surface area contributed by atoms with Crippen LogP contribution < -0.4 is 10.1 Å². The average molecular weight is 369 g/mol. The number of rotatable bonds is 5. The summed E-state index contributed by atoms with van der Waals surface area (Å²) in [4.78, 5) is 14.6. The minimum Gasteiger partial charge on any atom is -0.493 e. The number of hydrogen-bond donors (Lipinski definition) is 1. The molecular weight excluding hydrogens is 342 g/mol. The molecule has 7 heteroatoms. The number of ether oxygens (including phenoxy) is 1. The Morgan fingerprint density at radius 1 is 1.30 bits per heavy atom. The highest BCUT2D eigenvalue weighted by molar-refractivity contribution is 5.76. The first kappa shape index (κ1) is 18.0. The van der Waals surface area contributed by atoms with Crippen LogP contribution in [0.25, 0.3) is 0 Å². The molecule has 7 nitrogen and oxygen atoms in total. The predicted molar refractivity (Wildman–Crippen MR) is 102 cm³/mol. The Kier molecular flexibility index (Phi) is 5.38. The lowest BCUT2D eigenvalue weighted by Crippen LogP contribution is -2.40. The van der Waals surface area contributed by atoms with Gasteiger partial charge in [-0.15, -0.1) is 10.2 Å². The molecule has 1 aromatic carbocycles. The number of benzene rings is 1. The number of nitrogens with one attached hydrogen (secondary N) is 1. The molecule has 1 aromatic heterocycles. The number of nitrogens with zero attached hydrogens (tertiary/aromatic N) is 4. The SMILES string of the molecule is Cc1ccccc1OCCC(=O)N1CCC[C@H](c2nnc3n2CCNC3)C1. The zero-order valence-electron chi connectivity index (χ0n) is 15.9. The van der Waals surface area contributed by atoms with Crippen molar-refractivity contribution in [2.45, 2.75) is 45.2 Å². The molecule has 0 unspecified atom stereocenters. The monoisotopic (exact) mass is 369 g/mol. The molecule has 2 aliphatic rings. The van der Waals surface area contributed by atoms with Gasteiger partial charge in [-0.05, 0) is 31.4 Å². The van der Waals surface area contributed by atoms with Gasteiger partial charge in [0.1, 0.15) is 17.4 Å². The van der Waals surface area contributed by atoms with Crippen LogP contribution in [0.15, 0.2) is 24.3 Å². The zero-order valence-corrected chi connectivity index (χ0v) is 15.9. The van der Waals surface area contributed by atoms with Gasteiger partial charge in [0.2, 0.25) is 5.91 Å². The van der Waals surface area contributed by atoms with E-state index in [1.807, 2.05) is 36.1 Å². The lowest BCUT2D eigenvalue weighted by Gasteiger charge is -2.33. The number of fused-ring (bicyclic) bond motifs is 1. The Bertz CT molecular complexity index is 803. The molecule has 1 N–H and O–H groups in total. The second-order valence-corrected chi connectivity index (χ2v) is 7.35. The Labute approximate surface area is 159 Å². The number of likely N-dealkylation sites (tertiary alicyclic amines) is 1. The molecule has 1 amide bonds. The van der Waals surface area contributed by atoms with Crippen LogP contribution >= 0.6 is 0 Å². The summed E-state index contributed by atoms with van der Waals surface area (Å²) >= 11 is 0. The molecule has 0 spiro atoms. The molecule has 2 aliphatic heterocycles. The van der Waals surface area contributed by atoms with Crippen molar-refractivity contribution in [3.05, 3.63) is 41.5 Å². The summed E-state index contributed by atoms with van der Waals surface area (Å²) in [5.41, 5.74) is 1.09. The van der Waals surface area contributed by atoms with Gasteiger partial charge >= 0.3 is 0 Å². The summed E-state index contributed by atoms with van der Waals surface area (Å²) in [6.07, 6.45) is 2.48. The van der Waals surface area contributed by atoms with Crippen molar-refractivity contribution < 1.29 is 9.53 Å². The fourth-order valence-electron chi connectivity index (χ4n) is 3.96. The van der Waals surface area contributed by atoms with E-state index in [1.54, 1.807) is 0 Å². The summed E-state index contributed by atoms with van der Waals surface area (Å²) in [5, 5.41) is 12.1. The highest BCUT2D eigenvalue weighted by atomic mass is 16.5. The van der Waals surface area contributed by atoms with Crippen LogP contribution in [0.4, 0.5) is 0 Å². The highest BCUT2D eigenvalue weighted by Crippen LogP contribution is 2.27. The number of para-hydroxylation sites is 1. The Morgan fingerprint density at radius 2 is 2.19 bits per heavy atom. The second kappa shape index (κ2) is 8.08. The summed E-state index contributed by atoms with van der Waals surface area (Å²) in [5.74, 6) is 3.34. The molecule has 0 aliphatic carbocycles. The van der Waals surface area contributed by atoms with Gasteiger partial charge in [0.05, 0.1) is 19.6 Å².